The van der Waals surface area contributed by atoms with Gasteiger partial charge in [0, 0.05) is 31.9 Å². The van der Waals surface area contributed by atoms with Crippen LogP contribution in [0.1, 0.15) is 11.1 Å². The number of aliphatic carboxylic acids is 1. The number of hydrogen-bond acceptors (Lipinski definition) is 7. The normalized spacial score (nSPS) is 19.0. The molecule has 38 heavy (non-hydrogen) atoms. The zero-order chi connectivity index (χ0) is 26.4. The van der Waals surface area contributed by atoms with E-state index in [0.717, 1.165) is 21.2 Å². The third kappa shape index (κ3) is 4.24. The average Bonchev–Trinajstić information content (AvgIpc) is 3.30. The first-order valence-corrected chi connectivity index (χ1v) is 13.8. The second-order valence-corrected chi connectivity index (χ2v) is 11.3. The van der Waals surface area contributed by atoms with Gasteiger partial charge < -0.3 is 19.9 Å². The molecule has 1 aromatic heterocycles. The van der Waals surface area contributed by atoms with Crippen LogP contribution in [0.4, 0.5) is 0 Å². The Balaban J connectivity index is 1.24. The van der Waals surface area contributed by atoms with E-state index in [1.165, 1.54) is 28.4 Å². The van der Waals surface area contributed by atoms with Crippen LogP contribution in [0.3, 0.4) is 0 Å². The number of amides is 2. The van der Waals surface area contributed by atoms with Gasteiger partial charge >= 0.3 is 5.97 Å². The number of thioether (sulfide) groups is 2. The molecule has 0 spiro atoms. The molecular weight excluding hydrogens is 524 g/mol. The number of carbonyl (C=O) groups excluding carboxylic acids is 2. The SMILES string of the molecule is O=C(Cc1ccccc1)N[C@@H]1C(=O)N2C(C(=O)O)=C(Sc3ccc4oc5c(CO)cccc5c4c3)CS[C@H]12. The van der Waals surface area contributed by atoms with Gasteiger partial charge in [-0.1, -0.05) is 60.3 Å². The fourth-order valence-electron chi connectivity index (χ4n) is 4.84. The Hall–Kier alpha value is -3.73. The lowest BCUT2D eigenvalue weighted by Gasteiger charge is -2.49. The number of carboxylic acid groups (broad SMARTS) is 1. The Labute approximate surface area is 225 Å². The standard InChI is InChI=1S/C28H22N2O6S2/c31-13-16-7-4-8-18-19-12-17(9-10-20(19)36-25(16)18)38-21-14-37-27-23(26(33)30(27)24(21)28(34)35)29-22(32)11-15-5-2-1-3-6-15/h1-10,12,23,27,31H,11,13-14H2,(H,29,32)(H,34,35)/t23-,27-/m1/s1. The molecule has 10 heteroatoms. The maximum Gasteiger partial charge on any atom is 0.353 e. The molecule has 2 amide bonds. The van der Waals surface area contributed by atoms with E-state index in [-0.39, 0.29) is 24.6 Å². The summed E-state index contributed by atoms with van der Waals surface area (Å²) < 4.78 is 5.95. The van der Waals surface area contributed by atoms with Gasteiger partial charge in [-0.3, -0.25) is 14.5 Å². The Kier molecular flexibility index (Phi) is 6.38. The second kappa shape index (κ2) is 9.86. The fourth-order valence-corrected chi connectivity index (χ4v) is 7.35. The van der Waals surface area contributed by atoms with E-state index >= 15 is 0 Å². The van der Waals surface area contributed by atoms with E-state index in [1.54, 1.807) is 6.07 Å². The van der Waals surface area contributed by atoms with Gasteiger partial charge in [-0.15, -0.1) is 11.8 Å². The predicted octanol–water partition coefficient (Wildman–Crippen LogP) is 4.11. The van der Waals surface area contributed by atoms with Crippen molar-refractivity contribution in [2.45, 2.75) is 29.3 Å². The number of nitrogens with one attached hydrogen (secondary N) is 1. The number of benzene rings is 3. The van der Waals surface area contributed by atoms with E-state index in [1.807, 2.05) is 60.7 Å². The van der Waals surface area contributed by atoms with Crippen LogP contribution in [0.25, 0.3) is 21.9 Å². The van der Waals surface area contributed by atoms with Gasteiger partial charge in [0.25, 0.3) is 5.91 Å². The van der Waals surface area contributed by atoms with Crippen LogP contribution in [0, 0.1) is 0 Å². The summed E-state index contributed by atoms with van der Waals surface area (Å²) in [5.74, 6) is -1.49. The Bertz CT molecular complexity index is 1630. The van der Waals surface area contributed by atoms with Gasteiger partial charge in [0.05, 0.1) is 13.0 Å². The summed E-state index contributed by atoms with van der Waals surface area (Å²) in [5, 5.41) is 23.7. The Morgan fingerprint density at radius 1 is 1.08 bits per heavy atom. The van der Waals surface area contributed by atoms with Crippen molar-refractivity contribution in [3.8, 4) is 0 Å². The van der Waals surface area contributed by atoms with Crippen molar-refractivity contribution in [1.29, 1.82) is 0 Å². The highest BCUT2D eigenvalue weighted by Crippen LogP contribution is 2.46. The van der Waals surface area contributed by atoms with Gasteiger partial charge in [0.1, 0.15) is 28.3 Å². The number of β-lactam (4-membered cyclic amide) rings is 1. The molecule has 2 atom stereocenters. The molecular formula is C28H22N2O6S2. The van der Waals surface area contributed by atoms with E-state index in [0.29, 0.717) is 27.4 Å². The molecule has 0 radical (unpaired) electrons. The van der Waals surface area contributed by atoms with Crippen LogP contribution in [0.15, 0.2) is 86.6 Å². The topological polar surface area (TPSA) is 120 Å². The first kappa shape index (κ1) is 24.6. The van der Waals surface area contributed by atoms with E-state index < -0.39 is 23.3 Å². The van der Waals surface area contributed by atoms with Crippen LogP contribution in [-0.4, -0.2) is 50.1 Å². The summed E-state index contributed by atoms with van der Waals surface area (Å²) >= 11 is 2.74. The van der Waals surface area contributed by atoms with Gasteiger partial charge in [0.2, 0.25) is 5.91 Å². The maximum atomic E-state index is 13.0. The third-order valence-electron chi connectivity index (χ3n) is 6.62. The molecule has 0 aliphatic carbocycles. The van der Waals surface area contributed by atoms with Crippen molar-refractivity contribution >= 4 is 63.2 Å². The first-order valence-electron chi connectivity index (χ1n) is 11.9. The number of carboxylic acids is 1. The summed E-state index contributed by atoms with van der Waals surface area (Å²) in [6.45, 7) is -0.135. The Morgan fingerprint density at radius 3 is 2.66 bits per heavy atom. The monoisotopic (exact) mass is 546 g/mol. The summed E-state index contributed by atoms with van der Waals surface area (Å²) in [6, 6.07) is 19.7. The van der Waals surface area contributed by atoms with E-state index in [9.17, 15) is 24.6 Å². The minimum atomic E-state index is -1.18. The summed E-state index contributed by atoms with van der Waals surface area (Å²) in [6.07, 6.45) is 0.149. The number of hydrogen-bond donors (Lipinski definition) is 3. The lowest BCUT2D eigenvalue weighted by Crippen LogP contribution is -2.70. The molecule has 3 N–H and O–H groups in total. The Morgan fingerprint density at radius 2 is 1.89 bits per heavy atom. The molecule has 1 saturated heterocycles. The highest BCUT2D eigenvalue weighted by atomic mass is 32.2. The zero-order valence-electron chi connectivity index (χ0n) is 19.9. The average molecular weight is 547 g/mol. The van der Waals surface area contributed by atoms with Gasteiger partial charge in [-0.25, -0.2) is 4.79 Å². The highest BCUT2D eigenvalue weighted by Gasteiger charge is 2.54. The molecule has 192 valence electrons. The van der Waals surface area contributed by atoms with Crippen LogP contribution in [0.5, 0.6) is 0 Å². The molecule has 3 heterocycles. The summed E-state index contributed by atoms with van der Waals surface area (Å²) in [4.78, 5) is 40.5. The van der Waals surface area contributed by atoms with Crippen molar-refractivity contribution in [2.24, 2.45) is 0 Å². The molecule has 8 nitrogen and oxygen atoms in total. The van der Waals surface area contributed by atoms with Crippen molar-refractivity contribution in [1.82, 2.24) is 10.2 Å². The minimum Gasteiger partial charge on any atom is -0.477 e. The van der Waals surface area contributed by atoms with E-state index in [2.05, 4.69) is 5.32 Å². The quantitative estimate of drug-likeness (QED) is 0.296. The number of para-hydroxylation sites is 1. The van der Waals surface area contributed by atoms with Crippen molar-refractivity contribution < 1.29 is 29.0 Å². The molecule has 2 aliphatic rings. The lowest BCUT2D eigenvalue weighted by atomic mass is 10.0. The predicted molar refractivity (Wildman–Crippen MR) is 145 cm³/mol. The number of fused-ring (bicyclic) bond motifs is 4. The van der Waals surface area contributed by atoms with Crippen LogP contribution in [-0.2, 0) is 27.4 Å². The zero-order valence-corrected chi connectivity index (χ0v) is 21.6. The molecule has 0 bridgehead atoms. The molecule has 6 rings (SSSR count). The molecule has 4 aromatic rings. The first-order chi connectivity index (χ1) is 18.4. The molecule has 0 unspecified atom stereocenters. The molecule has 1 fully saturated rings. The van der Waals surface area contributed by atoms with Crippen molar-refractivity contribution in [3.05, 3.63) is 88.5 Å². The van der Waals surface area contributed by atoms with Crippen LogP contribution < -0.4 is 5.32 Å². The van der Waals surface area contributed by atoms with Gasteiger partial charge in [-0.05, 0) is 23.8 Å². The molecule has 3 aromatic carbocycles. The minimum absolute atomic E-state index is 0.0444. The lowest BCUT2D eigenvalue weighted by molar-refractivity contribution is -0.150. The maximum absolute atomic E-state index is 13.0. The van der Waals surface area contributed by atoms with Gasteiger partial charge in [0.15, 0.2) is 0 Å². The van der Waals surface area contributed by atoms with Crippen LogP contribution >= 0.6 is 23.5 Å². The van der Waals surface area contributed by atoms with Gasteiger partial charge in [-0.2, -0.15) is 0 Å². The number of furan rings is 1. The van der Waals surface area contributed by atoms with Crippen LogP contribution in [0.2, 0.25) is 0 Å². The van der Waals surface area contributed by atoms with Crippen molar-refractivity contribution in [2.75, 3.05) is 5.75 Å². The molecule has 2 aliphatic heterocycles. The largest absolute Gasteiger partial charge is 0.477 e. The second-order valence-electron chi connectivity index (χ2n) is 9.01. The third-order valence-corrected chi connectivity index (χ3v) is 9.16. The fraction of sp³-hybridized carbons (Fsp3) is 0.179. The van der Waals surface area contributed by atoms with Crippen molar-refractivity contribution in [3.63, 3.8) is 0 Å². The highest BCUT2D eigenvalue weighted by molar-refractivity contribution is 8.06. The number of aliphatic hydroxyl groups is 1. The molecule has 0 saturated carbocycles. The van der Waals surface area contributed by atoms with E-state index in [4.69, 9.17) is 4.42 Å². The smallest absolute Gasteiger partial charge is 0.353 e. The number of nitrogens with zero attached hydrogens (tertiary/aromatic N) is 1. The number of carbonyl (C=O) groups is 3. The summed E-state index contributed by atoms with van der Waals surface area (Å²) in [5.41, 5.74) is 2.78. The number of aliphatic hydroxyl groups excluding tert-OH is 1. The summed E-state index contributed by atoms with van der Waals surface area (Å²) in [7, 11) is 0. The number of rotatable bonds is 7.